The second-order valence-corrected chi connectivity index (χ2v) is 9.11. The van der Waals surface area contributed by atoms with E-state index in [1.807, 2.05) is 0 Å². The maximum absolute atomic E-state index is 12.8. The van der Waals surface area contributed by atoms with Gasteiger partial charge in [0.25, 0.3) is 5.91 Å². The molecule has 1 heterocycles. The highest BCUT2D eigenvalue weighted by atomic mass is 32.2. The fourth-order valence-electron chi connectivity index (χ4n) is 4.32. The molecule has 150 valence electrons. The lowest BCUT2D eigenvalue weighted by Crippen LogP contribution is -2.44. The van der Waals surface area contributed by atoms with Crippen molar-refractivity contribution in [2.24, 2.45) is 5.73 Å². The van der Waals surface area contributed by atoms with Crippen LogP contribution in [-0.2, 0) is 15.5 Å². The number of carbonyl (C=O) groups is 1. The number of carbonyl (C=O) groups excluding carboxylic acids is 1. The van der Waals surface area contributed by atoms with Crippen molar-refractivity contribution < 1.29 is 13.7 Å². The van der Waals surface area contributed by atoms with Crippen LogP contribution in [0.2, 0.25) is 0 Å². The van der Waals surface area contributed by atoms with Crippen molar-refractivity contribution >= 4 is 16.7 Å². The smallest absolute Gasteiger partial charge is 0.252 e. The van der Waals surface area contributed by atoms with Gasteiger partial charge < -0.3 is 15.8 Å². The number of methoxy groups -OCH3 is 1. The van der Waals surface area contributed by atoms with E-state index in [9.17, 15) is 9.00 Å². The molecule has 7 heteroatoms. The maximum Gasteiger partial charge on any atom is 0.252 e. The van der Waals surface area contributed by atoms with E-state index in [0.29, 0.717) is 29.1 Å². The number of hydrogen-bond acceptors (Lipinski definition) is 5. The Hall–Kier alpha value is -1.28. The van der Waals surface area contributed by atoms with Crippen molar-refractivity contribution in [3.8, 4) is 0 Å². The monoisotopic (exact) mass is 393 g/mol. The first-order valence-corrected chi connectivity index (χ1v) is 11.1. The molecule has 3 N–H and O–H groups in total. The van der Waals surface area contributed by atoms with Crippen molar-refractivity contribution in [1.29, 1.82) is 0 Å². The van der Waals surface area contributed by atoms with Crippen LogP contribution in [0.25, 0.3) is 0 Å². The maximum atomic E-state index is 12.8. The van der Waals surface area contributed by atoms with E-state index in [4.69, 9.17) is 10.5 Å². The minimum absolute atomic E-state index is 0.179. The van der Waals surface area contributed by atoms with E-state index in [0.717, 1.165) is 13.0 Å². The summed E-state index contributed by atoms with van der Waals surface area (Å²) in [5.74, 6) is -0.179. The highest BCUT2D eigenvalue weighted by Gasteiger charge is 2.32. The average molecular weight is 394 g/mol. The third-order valence-electron chi connectivity index (χ3n) is 5.67. The van der Waals surface area contributed by atoms with Crippen LogP contribution in [0.3, 0.4) is 0 Å². The van der Waals surface area contributed by atoms with Crippen LogP contribution in [0.5, 0.6) is 0 Å². The molecule has 1 amide bonds. The molecule has 0 bridgehead atoms. The molecule has 2 fully saturated rings. The van der Waals surface area contributed by atoms with Gasteiger partial charge in [0.1, 0.15) is 5.37 Å². The Labute approximate surface area is 164 Å². The first-order valence-electron chi connectivity index (χ1n) is 9.90. The zero-order valence-corrected chi connectivity index (χ0v) is 16.9. The minimum Gasteiger partial charge on any atom is -0.382 e. The molecule has 2 aliphatic rings. The summed E-state index contributed by atoms with van der Waals surface area (Å²) >= 11 is 0. The van der Waals surface area contributed by atoms with E-state index < -0.39 is 16.2 Å². The molecular formula is C20H31N3O3S. The number of amides is 1. The third-order valence-corrected chi connectivity index (χ3v) is 7.14. The number of nitrogens with two attached hydrogens (primary N) is 1. The standard InChI is InChI=1S/C20H31N3O3S/c1-26-14-19(21)27(25)18-11-5-4-10-17(18)20(24)22-13-16-9-6-12-23(16)15-7-2-3-8-15/h4-5,10-11,15-16,19H,2-3,6-9,12-14,21H2,1H3,(H,22,24). The van der Waals surface area contributed by atoms with Crippen LogP contribution >= 0.6 is 0 Å². The molecule has 3 atom stereocenters. The van der Waals surface area contributed by atoms with E-state index >= 15 is 0 Å². The molecule has 0 radical (unpaired) electrons. The zero-order valence-electron chi connectivity index (χ0n) is 16.1. The summed E-state index contributed by atoms with van der Waals surface area (Å²) in [6, 6.07) is 8.08. The van der Waals surface area contributed by atoms with Crippen LogP contribution in [0.4, 0.5) is 0 Å². The Morgan fingerprint density at radius 1 is 1.30 bits per heavy atom. The van der Waals surface area contributed by atoms with Gasteiger partial charge in [0.2, 0.25) is 0 Å². The summed E-state index contributed by atoms with van der Waals surface area (Å²) in [4.78, 5) is 15.9. The summed E-state index contributed by atoms with van der Waals surface area (Å²) in [5.41, 5.74) is 6.36. The van der Waals surface area contributed by atoms with Crippen LogP contribution < -0.4 is 11.1 Å². The molecule has 1 aliphatic heterocycles. The van der Waals surface area contributed by atoms with Crippen LogP contribution in [0.1, 0.15) is 48.9 Å². The molecule has 0 spiro atoms. The summed E-state index contributed by atoms with van der Waals surface area (Å²) in [5, 5.41) is 2.42. The third kappa shape index (κ3) is 4.96. The predicted octanol–water partition coefficient (Wildman–Crippen LogP) is 1.86. The number of ether oxygens (including phenoxy) is 1. The number of rotatable bonds is 8. The van der Waals surface area contributed by atoms with Crippen LogP contribution in [-0.4, -0.2) is 59.3 Å². The SMILES string of the molecule is COCC(N)S(=O)c1ccccc1C(=O)NCC1CCCN1C1CCCC1. The van der Waals surface area contributed by atoms with E-state index in [1.54, 1.807) is 24.3 Å². The van der Waals surface area contributed by atoms with Crippen molar-refractivity contribution in [2.45, 2.75) is 60.9 Å². The van der Waals surface area contributed by atoms with E-state index in [2.05, 4.69) is 10.2 Å². The van der Waals surface area contributed by atoms with Gasteiger partial charge in [0.15, 0.2) is 0 Å². The highest BCUT2D eigenvalue weighted by molar-refractivity contribution is 7.85. The second kappa shape index (κ2) is 9.78. The summed E-state index contributed by atoms with van der Waals surface area (Å²) in [6.45, 7) is 1.96. The number of nitrogens with zero attached hydrogens (tertiary/aromatic N) is 1. The fourth-order valence-corrected chi connectivity index (χ4v) is 5.49. The predicted molar refractivity (Wildman–Crippen MR) is 107 cm³/mol. The lowest BCUT2D eigenvalue weighted by atomic mass is 10.1. The molecule has 3 unspecified atom stereocenters. The normalized spacial score (nSPS) is 23.4. The van der Waals surface area contributed by atoms with Crippen molar-refractivity contribution in [1.82, 2.24) is 10.2 Å². The van der Waals surface area contributed by atoms with Gasteiger partial charge in [-0.3, -0.25) is 13.9 Å². The quantitative estimate of drug-likeness (QED) is 0.704. The van der Waals surface area contributed by atoms with Gasteiger partial charge in [-0.05, 0) is 44.4 Å². The van der Waals surface area contributed by atoms with Gasteiger partial charge in [0.05, 0.1) is 27.9 Å². The molecule has 1 saturated heterocycles. The largest absolute Gasteiger partial charge is 0.382 e. The summed E-state index contributed by atoms with van der Waals surface area (Å²) < 4.78 is 17.7. The first-order chi connectivity index (χ1) is 13.1. The topological polar surface area (TPSA) is 84.7 Å². The minimum atomic E-state index is -1.49. The lowest BCUT2D eigenvalue weighted by molar-refractivity contribution is 0.0929. The molecule has 1 aromatic rings. The van der Waals surface area contributed by atoms with Crippen molar-refractivity contribution in [2.75, 3.05) is 26.8 Å². The van der Waals surface area contributed by atoms with E-state index in [1.165, 1.54) is 39.2 Å². The Kier molecular flexibility index (Phi) is 7.41. The Bertz CT molecular complexity index is 664. The highest BCUT2D eigenvalue weighted by Crippen LogP contribution is 2.29. The lowest BCUT2D eigenvalue weighted by Gasteiger charge is -2.30. The van der Waals surface area contributed by atoms with Crippen molar-refractivity contribution in [3.63, 3.8) is 0 Å². The number of nitrogens with one attached hydrogen (secondary N) is 1. The number of hydrogen-bond donors (Lipinski definition) is 2. The Morgan fingerprint density at radius 2 is 2.04 bits per heavy atom. The van der Waals surface area contributed by atoms with Crippen molar-refractivity contribution in [3.05, 3.63) is 29.8 Å². The van der Waals surface area contributed by atoms with Gasteiger partial charge in [-0.15, -0.1) is 0 Å². The van der Waals surface area contributed by atoms with Gasteiger partial charge in [-0.25, -0.2) is 0 Å². The first kappa shape index (κ1) is 20.5. The van der Waals surface area contributed by atoms with Crippen LogP contribution in [0, 0.1) is 0 Å². The molecule has 6 nitrogen and oxygen atoms in total. The molecule has 1 aromatic carbocycles. The number of benzene rings is 1. The zero-order chi connectivity index (χ0) is 19.2. The molecule has 0 aromatic heterocycles. The molecule has 1 saturated carbocycles. The van der Waals surface area contributed by atoms with E-state index in [-0.39, 0.29) is 12.5 Å². The molecule has 1 aliphatic carbocycles. The van der Waals surface area contributed by atoms with Gasteiger partial charge in [0, 0.05) is 25.7 Å². The number of likely N-dealkylation sites (tertiary alicyclic amines) is 1. The molecule has 27 heavy (non-hydrogen) atoms. The summed E-state index contributed by atoms with van der Waals surface area (Å²) in [6.07, 6.45) is 7.53. The molecule has 3 rings (SSSR count). The average Bonchev–Trinajstić information content (AvgIpc) is 3.37. The van der Waals surface area contributed by atoms with Gasteiger partial charge >= 0.3 is 0 Å². The van der Waals surface area contributed by atoms with Crippen LogP contribution in [0.15, 0.2) is 29.2 Å². The summed E-state index contributed by atoms with van der Waals surface area (Å²) in [7, 11) is 0.0281. The fraction of sp³-hybridized carbons (Fsp3) is 0.650. The van der Waals surface area contributed by atoms with Gasteiger partial charge in [-0.1, -0.05) is 25.0 Å². The Balaban J connectivity index is 1.63. The van der Waals surface area contributed by atoms with Gasteiger partial charge in [-0.2, -0.15) is 0 Å². The second-order valence-electron chi connectivity index (χ2n) is 7.47. The Morgan fingerprint density at radius 3 is 2.78 bits per heavy atom. The molecular weight excluding hydrogens is 362 g/mol.